The largest absolute Gasteiger partial charge is 0.483 e. The van der Waals surface area contributed by atoms with Crippen LogP contribution in [0, 0.1) is 6.92 Å². The summed E-state index contributed by atoms with van der Waals surface area (Å²) in [5, 5.41) is 4.66. The molecule has 6 nitrogen and oxygen atoms in total. The Labute approximate surface area is 168 Å². The standard InChI is InChI=1S/C21H20ClN3O3/c1-3-19-23-21(24-28-19)15-4-6-17-14(11-15)8-9-25(17)20(26)12-27-18-7-5-16(22)10-13(18)2/h4-7,10-11H,3,8-9,12H2,1-2H3. The number of hydrogen-bond donors (Lipinski definition) is 0. The second kappa shape index (κ2) is 7.64. The number of nitrogens with zero attached hydrogens (tertiary/aromatic N) is 3. The summed E-state index contributed by atoms with van der Waals surface area (Å²) in [6.45, 7) is 4.48. The van der Waals surface area contributed by atoms with Gasteiger partial charge in [-0.1, -0.05) is 23.7 Å². The Morgan fingerprint density at radius 3 is 2.89 bits per heavy atom. The summed E-state index contributed by atoms with van der Waals surface area (Å²) in [6, 6.07) is 11.2. The lowest BCUT2D eigenvalue weighted by Gasteiger charge is -2.18. The molecule has 3 aromatic rings. The Morgan fingerprint density at radius 1 is 1.29 bits per heavy atom. The van der Waals surface area contributed by atoms with Crippen LogP contribution < -0.4 is 9.64 Å². The van der Waals surface area contributed by atoms with E-state index >= 15 is 0 Å². The highest BCUT2D eigenvalue weighted by molar-refractivity contribution is 6.30. The second-order valence-corrected chi connectivity index (χ2v) is 7.14. The Bertz CT molecular complexity index is 1030. The van der Waals surface area contributed by atoms with Gasteiger partial charge < -0.3 is 14.2 Å². The molecule has 1 aliphatic rings. The number of carbonyl (C=O) groups is 1. The van der Waals surface area contributed by atoms with Crippen molar-refractivity contribution in [3.05, 3.63) is 58.4 Å². The summed E-state index contributed by atoms with van der Waals surface area (Å²) in [5.41, 5.74) is 3.80. The minimum absolute atomic E-state index is 0.0195. The lowest BCUT2D eigenvalue weighted by atomic mass is 10.1. The first-order valence-electron chi connectivity index (χ1n) is 9.20. The first-order chi connectivity index (χ1) is 13.5. The number of halogens is 1. The summed E-state index contributed by atoms with van der Waals surface area (Å²) >= 11 is 5.96. The van der Waals surface area contributed by atoms with E-state index in [2.05, 4.69) is 10.1 Å². The molecule has 0 aliphatic carbocycles. The lowest BCUT2D eigenvalue weighted by Crippen LogP contribution is -2.33. The van der Waals surface area contributed by atoms with Gasteiger partial charge in [0.15, 0.2) is 6.61 Å². The van der Waals surface area contributed by atoms with Gasteiger partial charge >= 0.3 is 0 Å². The van der Waals surface area contributed by atoms with Crippen molar-refractivity contribution in [1.82, 2.24) is 10.1 Å². The Morgan fingerprint density at radius 2 is 2.14 bits per heavy atom. The van der Waals surface area contributed by atoms with Crippen LogP contribution in [-0.2, 0) is 17.6 Å². The fraction of sp³-hybridized carbons (Fsp3) is 0.286. The normalized spacial score (nSPS) is 12.9. The molecule has 1 amide bonds. The second-order valence-electron chi connectivity index (χ2n) is 6.70. The number of aryl methyl sites for hydroxylation is 2. The number of benzene rings is 2. The van der Waals surface area contributed by atoms with Crippen LogP contribution in [0.5, 0.6) is 5.75 Å². The van der Waals surface area contributed by atoms with Crippen LogP contribution in [0.25, 0.3) is 11.4 Å². The maximum absolute atomic E-state index is 12.7. The molecule has 28 heavy (non-hydrogen) atoms. The van der Waals surface area contributed by atoms with Crippen molar-refractivity contribution in [1.29, 1.82) is 0 Å². The van der Waals surface area contributed by atoms with E-state index in [1.165, 1.54) is 0 Å². The molecular formula is C21H20ClN3O3. The summed E-state index contributed by atoms with van der Waals surface area (Å²) in [7, 11) is 0. The van der Waals surface area contributed by atoms with E-state index in [0.29, 0.717) is 35.5 Å². The highest BCUT2D eigenvalue weighted by Crippen LogP contribution is 2.32. The quantitative estimate of drug-likeness (QED) is 0.644. The maximum atomic E-state index is 12.7. The maximum Gasteiger partial charge on any atom is 0.264 e. The summed E-state index contributed by atoms with van der Waals surface area (Å²) in [5.74, 6) is 1.78. The molecule has 7 heteroatoms. The van der Waals surface area contributed by atoms with Gasteiger partial charge in [0.2, 0.25) is 11.7 Å². The Balaban J connectivity index is 1.47. The first-order valence-corrected chi connectivity index (χ1v) is 9.58. The number of hydrogen-bond acceptors (Lipinski definition) is 5. The smallest absolute Gasteiger partial charge is 0.264 e. The van der Waals surface area contributed by atoms with Crippen molar-refractivity contribution in [2.45, 2.75) is 26.7 Å². The molecule has 144 valence electrons. The average Bonchev–Trinajstić information content (AvgIpc) is 3.33. The molecule has 2 aromatic carbocycles. The molecule has 0 saturated heterocycles. The van der Waals surface area contributed by atoms with Gasteiger partial charge in [0, 0.05) is 29.2 Å². The monoisotopic (exact) mass is 397 g/mol. The molecule has 1 aliphatic heterocycles. The van der Waals surface area contributed by atoms with Crippen molar-refractivity contribution in [3.63, 3.8) is 0 Å². The zero-order chi connectivity index (χ0) is 19.7. The molecule has 0 N–H and O–H groups in total. The molecule has 0 fully saturated rings. The van der Waals surface area contributed by atoms with Crippen molar-refractivity contribution >= 4 is 23.2 Å². The van der Waals surface area contributed by atoms with Crippen LogP contribution in [0.15, 0.2) is 40.9 Å². The molecule has 1 aromatic heterocycles. The van der Waals surface area contributed by atoms with E-state index in [1.54, 1.807) is 17.0 Å². The molecule has 2 heterocycles. The van der Waals surface area contributed by atoms with Crippen molar-refractivity contribution in [2.24, 2.45) is 0 Å². The molecule has 0 bridgehead atoms. The zero-order valence-electron chi connectivity index (χ0n) is 15.7. The Hall–Kier alpha value is -2.86. The molecule has 0 radical (unpaired) electrons. The summed E-state index contributed by atoms with van der Waals surface area (Å²) in [4.78, 5) is 18.8. The van der Waals surface area contributed by atoms with Crippen LogP contribution in [0.4, 0.5) is 5.69 Å². The molecule has 0 atom stereocenters. The molecule has 4 rings (SSSR count). The fourth-order valence-corrected chi connectivity index (χ4v) is 3.53. The average molecular weight is 398 g/mol. The van der Waals surface area contributed by atoms with Gasteiger partial charge in [0.05, 0.1) is 0 Å². The summed E-state index contributed by atoms with van der Waals surface area (Å²) < 4.78 is 10.9. The van der Waals surface area contributed by atoms with Crippen LogP contribution in [0.2, 0.25) is 5.02 Å². The van der Waals surface area contributed by atoms with Gasteiger partial charge in [0.25, 0.3) is 5.91 Å². The fourth-order valence-electron chi connectivity index (χ4n) is 3.31. The predicted octanol–water partition coefficient (Wildman–Crippen LogP) is 4.23. The van der Waals surface area contributed by atoms with Crippen LogP contribution >= 0.6 is 11.6 Å². The number of amides is 1. The van der Waals surface area contributed by atoms with Crippen LogP contribution in [0.1, 0.15) is 23.9 Å². The predicted molar refractivity (Wildman–Crippen MR) is 107 cm³/mol. The third kappa shape index (κ3) is 3.60. The zero-order valence-corrected chi connectivity index (χ0v) is 16.5. The molecule has 0 unspecified atom stereocenters. The van der Waals surface area contributed by atoms with E-state index in [1.807, 2.05) is 38.1 Å². The van der Waals surface area contributed by atoms with Crippen molar-refractivity contribution < 1.29 is 14.1 Å². The van der Waals surface area contributed by atoms with Gasteiger partial charge in [-0.15, -0.1) is 0 Å². The SMILES string of the molecule is CCc1nc(-c2ccc3c(c2)CCN3C(=O)COc2ccc(Cl)cc2C)no1. The van der Waals surface area contributed by atoms with Crippen LogP contribution in [0.3, 0.4) is 0 Å². The lowest BCUT2D eigenvalue weighted by molar-refractivity contribution is -0.120. The van der Waals surface area contributed by atoms with E-state index < -0.39 is 0 Å². The number of aromatic nitrogens is 2. The van der Waals surface area contributed by atoms with E-state index in [-0.39, 0.29) is 12.5 Å². The van der Waals surface area contributed by atoms with Crippen LogP contribution in [-0.4, -0.2) is 29.2 Å². The van der Waals surface area contributed by atoms with Gasteiger partial charge in [-0.2, -0.15) is 4.98 Å². The number of ether oxygens (including phenoxy) is 1. The highest BCUT2D eigenvalue weighted by Gasteiger charge is 2.26. The van der Waals surface area contributed by atoms with Gasteiger partial charge in [0.1, 0.15) is 5.75 Å². The summed E-state index contributed by atoms with van der Waals surface area (Å²) in [6.07, 6.45) is 1.49. The first kappa shape index (κ1) is 18.5. The third-order valence-electron chi connectivity index (χ3n) is 4.79. The Kier molecular flexibility index (Phi) is 5.05. The highest BCUT2D eigenvalue weighted by atomic mass is 35.5. The van der Waals surface area contributed by atoms with E-state index in [4.69, 9.17) is 20.9 Å². The minimum Gasteiger partial charge on any atom is -0.483 e. The topological polar surface area (TPSA) is 68.5 Å². The number of rotatable bonds is 5. The third-order valence-corrected chi connectivity index (χ3v) is 5.03. The molecular weight excluding hydrogens is 378 g/mol. The van der Waals surface area contributed by atoms with Crippen molar-refractivity contribution in [2.75, 3.05) is 18.1 Å². The number of carbonyl (C=O) groups excluding carboxylic acids is 1. The van der Waals surface area contributed by atoms with E-state index in [0.717, 1.165) is 28.8 Å². The minimum atomic E-state index is -0.0753. The number of fused-ring (bicyclic) bond motifs is 1. The van der Waals surface area contributed by atoms with Crippen molar-refractivity contribution in [3.8, 4) is 17.1 Å². The molecule has 0 spiro atoms. The van der Waals surface area contributed by atoms with Gasteiger partial charge in [-0.05, 0) is 60.9 Å². The van der Waals surface area contributed by atoms with E-state index in [9.17, 15) is 4.79 Å². The number of anilines is 1. The molecule has 0 saturated carbocycles. The van der Waals surface area contributed by atoms with Gasteiger partial charge in [-0.3, -0.25) is 4.79 Å². The van der Waals surface area contributed by atoms with Gasteiger partial charge in [-0.25, -0.2) is 0 Å².